The average Bonchev–Trinajstić information content (AvgIpc) is 3.14. The zero-order valence-electron chi connectivity index (χ0n) is 16.0. The highest BCUT2D eigenvalue weighted by molar-refractivity contribution is 6.04. The maximum atomic E-state index is 12.9. The molecule has 2 aromatic carbocycles. The van der Waals surface area contributed by atoms with Crippen molar-refractivity contribution in [3.63, 3.8) is 0 Å². The van der Waals surface area contributed by atoms with E-state index in [9.17, 15) is 4.79 Å². The smallest absolute Gasteiger partial charge is 0.274 e. The molecule has 0 saturated carbocycles. The first-order valence-electron chi connectivity index (χ1n) is 9.10. The molecular weight excluding hydrogens is 366 g/mol. The molecule has 0 fully saturated rings. The Bertz CT molecular complexity index is 1150. The summed E-state index contributed by atoms with van der Waals surface area (Å²) in [7, 11) is 0. The maximum absolute atomic E-state index is 12.9. The molecule has 0 bridgehead atoms. The first-order valence-corrected chi connectivity index (χ1v) is 9.10. The summed E-state index contributed by atoms with van der Waals surface area (Å²) in [6, 6.07) is 20.4. The Morgan fingerprint density at radius 1 is 0.897 bits per heavy atom. The van der Waals surface area contributed by atoms with Gasteiger partial charge in [0.15, 0.2) is 11.6 Å². The molecule has 0 atom stereocenters. The van der Waals surface area contributed by atoms with Gasteiger partial charge in [-0.3, -0.25) is 4.79 Å². The van der Waals surface area contributed by atoms with E-state index >= 15 is 0 Å². The molecule has 0 aliphatic heterocycles. The average molecular weight is 385 g/mol. The second kappa shape index (κ2) is 7.93. The molecule has 1 amide bonds. The van der Waals surface area contributed by atoms with E-state index in [0.717, 1.165) is 16.8 Å². The summed E-state index contributed by atoms with van der Waals surface area (Å²) in [6.07, 6.45) is 0. The SMILES string of the molecule is Cc1cc(Nc2cc(C(=O)Nc3ccccc3C)nc(-c3ccccc3)n2)no1. The zero-order valence-corrected chi connectivity index (χ0v) is 16.0. The molecule has 29 heavy (non-hydrogen) atoms. The lowest BCUT2D eigenvalue weighted by Gasteiger charge is -2.10. The van der Waals surface area contributed by atoms with Gasteiger partial charge in [-0.25, -0.2) is 9.97 Å². The molecule has 0 radical (unpaired) electrons. The molecule has 0 spiro atoms. The highest BCUT2D eigenvalue weighted by atomic mass is 16.5. The largest absolute Gasteiger partial charge is 0.360 e. The quantitative estimate of drug-likeness (QED) is 0.515. The van der Waals surface area contributed by atoms with Gasteiger partial charge in [0.2, 0.25) is 0 Å². The van der Waals surface area contributed by atoms with Crippen molar-refractivity contribution in [2.45, 2.75) is 13.8 Å². The number of para-hydroxylation sites is 1. The Morgan fingerprint density at radius 3 is 2.38 bits per heavy atom. The fourth-order valence-electron chi connectivity index (χ4n) is 2.80. The van der Waals surface area contributed by atoms with Crippen molar-refractivity contribution in [1.29, 1.82) is 0 Å². The molecule has 4 rings (SSSR count). The summed E-state index contributed by atoms with van der Waals surface area (Å²) in [5.41, 5.74) is 2.75. The molecule has 7 nitrogen and oxygen atoms in total. The second-order valence-electron chi connectivity index (χ2n) is 6.54. The van der Waals surface area contributed by atoms with Crippen LogP contribution >= 0.6 is 0 Å². The van der Waals surface area contributed by atoms with Crippen LogP contribution in [0.3, 0.4) is 0 Å². The van der Waals surface area contributed by atoms with E-state index < -0.39 is 0 Å². The summed E-state index contributed by atoms with van der Waals surface area (Å²) in [6.45, 7) is 3.74. The Morgan fingerprint density at radius 2 is 1.66 bits per heavy atom. The third kappa shape index (κ3) is 4.30. The van der Waals surface area contributed by atoms with E-state index in [2.05, 4.69) is 25.8 Å². The van der Waals surface area contributed by atoms with Crippen LogP contribution in [0.15, 0.2) is 71.3 Å². The molecule has 4 aromatic rings. The number of benzene rings is 2. The molecule has 0 unspecified atom stereocenters. The summed E-state index contributed by atoms with van der Waals surface area (Å²) in [4.78, 5) is 21.9. The molecule has 2 N–H and O–H groups in total. The molecule has 0 aliphatic rings. The number of carbonyl (C=O) groups excluding carboxylic acids is 1. The Balaban J connectivity index is 1.70. The van der Waals surface area contributed by atoms with Crippen LogP contribution in [-0.4, -0.2) is 21.0 Å². The number of hydrogen-bond acceptors (Lipinski definition) is 6. The summed E-state index contributed by atoms with van der Waals surface area (Å²) in [5, 5.41) is 9.90. The van der Waals surface area contributed by atoms with E-state index in [1.54, 1.807) is 19.1 Å². The number of nitrogens with one attached hydrogen (secondary N) is 2. The van der Waals surface area contributed by atoms with Crippen LogP contribution in [0, 0.1) is 13.8 Å². The van der Waals surface area contributed by atoms with Gasteiger partial charge in [-0.05, 0) is 25.5 Å². The van der Waals surface area contributed by atoms with E-state index in [1.807, 2.05) is 61.5 Å². The van der Waals surface area contributed by atoms with Gasteiger partial charge in [0, 0.05) is 23.4 Å². The standard InChI is InChI=1S/C22H19N5O2/c1-14-8-6-7-11-17(14)24-22(28)18-13-19(25-20-12-15(2)29-27-20)26-21(23-18)16-9-4-3-5-10-16/h3-13H,1-2H3,(H,24,28)(H,23,25,26,27). The van der Waals surface area contributed by atoms with Crippen molar-refractivity contribution in [1.82, 2.24) is 15.1 Å². The Hall–Kier alpha value is -4.00. The van der Waals surface area contributed by atoms with Crippen LogP contribution in [-0.2, 0) is 0 Å². The first-order chi connectivity index (χ1) is 14.1. The molecule has 2 aromatic heterocycles. The van der Waals surface area contributed by atoms with E-state index in [-0.39, 0.29) is 11.6 Å². The Kier molecular flexibility index (Phi) is 5.03. The van der Waals surface area contributed by atoms with Crippen molar-refractivity contribution >= 4 is 23.2 Å². The van der Waals surface area contributed by atoms with Crippen LogP contribution in [0.4, 0.5) is 17.3 Å². The lowest BCUT2D eigenvalue weighted by Crippen LogP contribution is -2.16. The highest BCUT2D eigenvalue weighted by Gasteiger charge is 2.15. The number of nitrogens with zero attached hydrogens (tertiary/aromatic N) is 3. The summed E-state index contributed by atoms with van der Waals surface area (Å²) in [5.74, 6) is 1.74. The van der Waals surface area contributed by atoms with Gasteiger partial charge in [-0.2, -0.15) is 0 Å². The number of rotatable bonds is 5. The number of amides is 1. The van der Waals surface area contributed by atoms with Crippen LogP contribution in [0.25, 0.3) is 11.4 Å². The van der Waals surface area contributed by atoms with Gasteiger partial charge in [-0.15, -0.1) is 0 Å². The van der Waals surface area contributed by atoms with Crippen LogP contribution in [0.2, 0.25) is 0 Å². The summed E-state index contributed by atoms with van der Waals surface area (Å²) >= 11 is 0. The molecule has 0 saturated heterocycles. The minimum atomic E-state index is -0.321. The van der Waals surface area contributed by atoms with Gasteiger partial charge in [0.05, 0.1) is 0 Å². The summed E-state index contributed by atoms with van der Waals surface area (Å²) < 4.78 is 5.09. The van der Waals surface area contributed by atoms with Crippen molar-refractivity contribution in [3.05, 3.63) is 83.7 Å². The van der Waals surface area contributed by atoms with Crippen molar-refractivity contribution in [2.24, 2.45) is 0 Å². The number of aryl methyl sites for hydroxylation is 2. The fourth-order valence-corrected chi connectivity index (χ4v) is 2.80. The number of aromatic nitrogens is 3. The molecular formula is C22H19N5O2. The lowest BCUT2D eigenvalue weighted by atomic mass is 10.2. The predicted molar refractivity (Wildman–Crippen MR) is 111 cm³/mol. The van der Waals surface area contributed by atoms with E-state index in [1.165, 1.54) is 0 Å². The van der Waals surface area contributed by atoms with Gasteiger partial charge < -0.3 is 15.2 Å². The van der Waals surface area contributed by atoms with Crippen molar-refractivity contribution in [2.75, 3.05) is 10.6 Å². The van der Waals surface area contributed by atoms with Gasteiger partial charge in [0.25, 0.3) is 5.91 Å². The minimum absolute atomic E-state index is 0.241. The van der Waals surface area contributed by atoms with Crippen LogP contribution in [0.1, 0.15) is 21.8 Å². The van der Waals surface area contributed by atoms with Crippen LogP contribution in [0.5, 0.6) is 0 Å². The maximum Gasteiger partial charge on any atom is 0.274 e. The molecule has 7 heteroatoms. The number of anilines is 3. The predicted octanol–water partition coefficient (Wildman–Crippen LogP) is 4.74. The third-order valence-electron chi connectivity index (χ3n) is 4.27. The second-order valence-corrected chi connectivity index (χ2v) is 6.54. The van der Waals surface area contributed by atoms with Crippen LogP contribution < -0.4 is 10.6 Å². The highest BCUT2D eigenvalue weighted by Crippen LogP contribution is 2.22. The lowest BCUT2D eigenvalue weighted by molar-refractivity contribution is 0.102. The topological polar surface area (TPSA) is 92.9 Å². The molecule has 144 valence electrons. The molecule has 0 aliphatic carbocycles. The van der Waals surface area contributed by atoms with Crippen molar-refractivity contribution in [3.8, 4) is 11.4 Å². The van der Waals surface area contributed by atoms with Crippen molar-refractivity contribution < 1.29 is 9.32 Å². The number of carbonyl (C=O) groups is 1. The first kappa shape index (κ1) is 18.4. The fraction of sp³-hybridized carbons (Fsp3) is 0.0909. The van der Waals surface area contributed by atoms with Gasteiger partial charge >= 0.3 is 0 Å². The molecule has 2 heterocycles. The minimum Gasteiger partial charge on any atom is -0.360 e. The Labute approximate surface area is 167 Å². The normalized spacial score (nSPS) is 10.6. The van der Waals surface area contributed by atoms with Gasteiger partial charge in [0.1, 0.15) is 17.3 Å². The number of hydrogen-bond donors (Lipinski definition) is 2. The van der Waals surface area contributed by atoms with Gasteiger partial charge in [-0.1, -0.05) is 53.7 Å². The van der Waals surface area contributed by atoms with E-state index in [4.69, 9.17) is 4.52 Å². The monoisotopic (exact) mass is 385 g/mol. The van der Waals surface area contributed by atoms with E-state index in [0.29, 0.717) is 23.2 Å². The third-order valence-corrected chi connectivity index (χ3v) is 4.27. The zero-order chi connectivity index (χ0) is 20.2.